The summed E-state index contributed by atoms with van der Waals surface area (Å²) < 4.78 is 0. The van der Waals surface area contributed by atoms with Crippen LogP contribution in [0.4, 0.5) is 0 Å². The summed E-state index contributed by atoms with van der Waals surface area (Å²) in [5, 5.41) is 0. The van der Waals surface area contributed by atoms with Gasteiger partial charge in [0.15, 0.2) is 0 Å². The average Bonchev–Trinajstić information content (AvgIpc) is 2.30. The molecule has 0 bridgehead atoms. The summed E-state index contributed by atoms with van der Waals surface area (Å²) in [6.45, 7) is 0. The second-order valence-corrected chi connectivity index (χ2v) is 6.32. The molecule has 2 saturated carbocycles. The fourth-order valence-electron chi connectivity index (χ4n) is 4.19. The minimum atomic E-state index is -0.968. The highest BCUT2D eigenvalue weighted by atomic mass is 15.1. The molecule has 0 atom stereocenters. The highest BCUT2D eigenvalue weighted by Gasteiger charge is 2.40. The van der Waals surface area contributed by atoms with Crippen LogP contribution in [0, 0.1) is 17.8 Å². The third-order valence-corrected chi connectivity index (χ3v) is 4.89. The molecule has 0 amide bonds. The number of hydrogen-bond donors (Lipinski definition) is 3. The van der Waals surface area contributed by atoms with Gasteiger partial charge < -0.3 is 17.2 Å². The molecular formula is C14H29N3. The first-order valence-corrected chi connectivity index (χ1v) is 7.45. The van der Waals surface area contributed by atoms with Crippen LogP contribution >= 0.6 is 0 Å². The molecule has 0 heterocycles. The Labute approximate surface area is 105 Å². The van der Waals surface area contributed by atoms with Crippen molar-refractivity contribution < 1.29 is 0 Å². The number of hydrogen-bond acceptors (Lipinski definition) is 3. The lowest BCUT2D eigenvalue weighted by Gasteiger charge is -2.44. The minimum absolute atomic E-state index is 0.336. The molecule has 0 radical (unpaired) electrons. The Bertz CT molecular complexity index is 204. The lowest BCUT2D eigenvalue weighted by molar-refractivity contribution is 0.0718. The van der Waals surface area contributed by atoms with Gasteiger partial charge in [0.05, 0.1) is 0 Å². The summed E-state index contributed by atoms with van der Waals surface area (Å²) in [5.74, 6) is 0.714. The Morgan fingerprint density at radius 3 is 1.29 bits per heavy atom. The van der Waals surface area contributed by atoms with Crippen LogP contribution in [-0.2, 0) is 0 Å². The molecule has 0 aromatic heterocycles. The molecule has 0 aromatic carbocycles. The summed E-state index contributed by atoms with van der Waals surface area (Å²) in [5.41, 5.74) is 18.3. The highest BCUT2D eigenvalue weighted by Crippen LogP contribution is 2.41. The van der Waals surface area contributed by atoms with Crippen molar-refractivity contribution in [1.29, 1.82) is 0 Å². The molecule has 17 heavy (non-hydrogen) atoms. The largest absolute Gasteiger partial charge is 0.301 e. The molecule has 0 spiro atoms. The molecule has 0 saturated heterocycles. The standard InChI is InChI=1S/C14H29N3/c15-14(16,17)13(11-7-3-1-4-8-11)12-9-5-2-6-10-12/h11-13H,1-10,15-17H2. The Morgan fingerprint density at radius 2 is 1.00 bits per heavy atom. The monoisotopic (exact) mass is 239 g/mol. The summed E-state index contributed by atoms with van der Waals surface area (Å²) in [6, 6.07) is 0. The molecule has 2 aliphatic rings. The lowest BCUT2D eigenvalue weighted by atomic mass is 9.67. The first-order valence-electron chi connectivity index (χ1n) is 7.45. The maximum atomic E-state index is 6.10. The Balaban J connectivity index is 2.06. The molecule has 100 valence electrons. The van der Waals surface area contributed by atoms with Crippen LogP contribution in [0.5, 0.6) is 0 Å². The zero-order valence-electron chi connectivity index (χ0n) is 11.0. The van der Waals surface area contributed by atoms with E-state index in [-0.39, 0.29) is 0 Å². The molecule has 0 aromatic rings. The number of nitrogens with two attached hydrogens (primary N) is 3. The third kappa shape index (κ3) is 3.43. The second-order valence-electron chi connectivity index (χ2n) is 6.32. The van der Waals surface area contributed by atoms with Crippen molar-refractivity contribution in [2.24, 2.45) is 35.0 Å². The Hall–Kier alpha value is -0.120. The highest BCUT2D eigenvalue weighted by molar-refractivity contribution is 4.91. The molecule has 2 rings (SSSR count). The van der Waals surface area contributed by atoms with E-state index >= 15 is 0 Å². The SMILES string of the molecule is NC(N)(N)C(C1CCCCC1)C1CCCCC1. The van der Waals surface area contributed by atoms with E-state index < -0.39 is 5.79 Å². The van der Waals surface area contributed by atoms with Gasteiger partial charge in [-0.15, -0.1) is 0 Å². The van der Waals surface area contributed by atoms with Gasteiger partial charge in [-0.05, 0) is 11.8 Å². The molecule has 0 unspecified atom stereocenters. The molecule has 0 aliphatic heterocycles. The van der Waals surface area contributed by atoms with E-state index in [4.69, 9.17) is 17.2 Å². The summed E-state index contributed by atoms with van der Waals surface area (Å²) in [7, 11) is 0. The summed E-state index contributed by atoms with van der Waals surface area (Å²) in [6.07, 6.45) is 13.2. The fourth-order valence-corrected chi connectivity index (χ4v) is 4.19. The average molecular weight is 239 g/mol. The van der Waals surface area contributed by atoms with Crippen LogP contribution in [0.3, 0.4) is 0 Å². The van der Waals surface area contributed by atoms with Crippen molar-refractivity contribution in [1.82, 2.24) is 0 Å². The van der Waals surface area contributed by atoms with Crippen molar-refractivity contribution in [3.63, 3.8) is 0 Å². The van der Waals surface area contributed by atoms with Crippen LogP contribution in [0.25, 0.3) is 0 Å². The lowest BCUT2D eigenvalue weighted by Crippen LogP contribution is -2.66. The molecule has 6 N–H and O–H groups in total. The van der Waals surface area contributed by atoms with Crippen LogP contribution in [-0.4, -0.2) is 5.79 Å². The molecular weight excluding hydrogens is 210 g/mol. The van der Waals surface area contributed by atoms with Crippen LogP contribution in [0.1, 0.15) is 64.2 Å². The first-order chi connectivity index (χ1) is 8.09. The Morgan fingerprint density at radius 1 is 0.647 bits per heavy atom. The Kier molecular flexibility index (Phi) is 4.45. The van der Waals surface area contributed by atoms with Crippen LogP contribution < -0.4 is 17.2 Å². The third-order valence-electron chi connectivity index (χ3n) is 4.89. The van der Waals surface area contributed by atoms with Crippen molar-refractivity contribution in [3.8, 4) is 0 Å². The van der Waals surface area contributed by atoms with Gasteiger partial charge >= 0.3 is 0 Å². The maximum Gasteiger partial charge on any atom is 0.119 e. The second kappa shape index (κ2) is 5.68. The van der Waals surface area contributed by atoms with Gasteiger partial charge in [-0.2, -0.15) is 0 Å². The van der Waals surface area contributed by atoms with Crippen LogP contribution in [0.2, 0.25) is 0 Å². The zero-order valence-corrected chi connectivity index (χ0v) is 11.0. The van der Waals surface area contributed by atoms with Crippen LogP contribution in [0.15, 0.2) is 0 Å². The van der Waals surface area contributed by atoms with Gasteiger partial charge in [0, 0.05) is 5.92 Å². The van der Waals surface area contributed by atoms with Crippen molar-refractivity contribution in [2.45, 2.75) is 70.0 Å². The van der Waals surface area contributed by atoms with E-state index in [2.05, 4.69) is 0 Å². The minimum Gasteiger partial charge on any atom is -0.301 e. The van der Waals surface area contributed by atoms with Gasteiger partial charge in [0.2, 0.25) is 0 Å². The molecule has 3 nitrogen and oxygen atoms in total. The van der Waals surface area contributed by atoms with Gasteiger partial charge in [-0.3, -0.25) is 0 Å². The van der Waals surface area contributed by atoms with Gasteiger partial charge in [-0.1, -0.05) is 64.2 Å². The van der Waals surface area contributed by atoms with Crippen molar-refractivity contribution in [2.75, 3.05) is 0 Å². The molecule has 3 heteroatoms. The number of rotatable bonds is 3. The molecule has 2 aliphatic carbocycles. The smallest absolute Gasteiger partial charge is 0.119 e. The summed E-state index contributed by atoms with van der Waals surface area (Å²) in [4.78, 5) is 0. The van der Waals surface area contributed by atoms with E-state index in [1.54, 1.807) is 0 Å². The van der Waals surface area contributed by atoms with Crippen molar-refractivity contribution in [3.05, 3.63) is 0 Å². The zero-order chi connectivity index (χ0) is 12.3. The van der Waals surface area contributed by atoms with E-state index in [9.17, 15) is 0 Å². The predicted molar refractivity (Wildman–Crippen MR) is 71.9 cm³/mol. The van der Waals surface area contributed by atoms with E-state index in [1.807, 2.05) is 0 Å². The van der Waals surface area contributed by atoms with E-state index in [0.717, 1.165) is 0 Å². The van der Waals surface area contributed by atoms with Gasteiger partial charge in [0.1, 0.15) is 5.79 Å². The van der Waals surface area contributed by atoms with Gasteiger partial charge in [-0.25, -0.2) is 0 Å². The molecule has 2 fully saturated rings. The van der Waals surface area contributed by atoms with Crippen molar-refractivity contribution >= 4 is 0 Å². The topological polar surface area (TPSA) is 78.1 Å². The fraction of sp³-hybridized carbons (Fsp3) is 1.00. The normalized spacial score (nSPS) is 25.4. The predicted octanol–water partition coefficient (Wildman–Crippen LogP) is 2.29. The van der Waals surface area contributed by atoms with E-state index in [0.29, 0.717) is 17.8 Å². The van der Waals surface area contributed by atoms with Gasteiger partial charge in [0.25, 0.3) is 0 Å². The van der Waals surface area contributed by atoms with E-state index in [1.165, 1.54) is 64.2 Å². The summed E-state index contributed by atoms with van der Waals surface area (Å²) >= 11 is 0. The maximum absolute atomic E-state index is 6.10. The quantitative estimate of drug-likeness (QED) is 0.661. The first kappa shape index (κ1) is 13.3.